The van der Waals surface area contributed by atoms with Crippen LogP contribution >= 0.6 is 0 Å². The van der Waals surface area contributed by atoms with Gasteiger partial charge in [0.2, 0.25) is 0 Å². The molecule has 0 amide bonds. The van der Waals surface area contributed by atoms with Crippen LogP contribution in [0.4, 0.5) is 23.0 Å². The second kappa shape index (κ2) is 6.97. The van der Waals surface area contributed by atoms with Gasteiger partial charge in [-0.1, -0.05) is 0 Å². The fourth-order valence-electron chi connectivity index (χ4n) is 5.04. The fourth-order valence-corrected chi connectivity index (χ4v) is 5.04. The number of rotatable bonds is 2. The average molecular weight is 410 g/mol. The topological polar surface area (TPSA) is 83.6 Å². The molecule has 3 fully saturated rings. The predicted octanol–water partition coefficient (Wildman–Crippen LogP) is 2.40. The SMILES string of the molecule is CN1CCOC(C)(C)CN(C)c2c1cc(-c1cnc(N)cn1)nc2N1CC2CC1C2. The minimum atomic E-state index is -0.233. The van der Waals surface area contributed by atoms with Crippen LogP contribution in [0.15, 0.2) is 18.5 Å². The van der Waals surface area contributed by atoms with E-state index in [9.17, 15) is 0 Å². The molecule has 2 aromatic heterocycles. The van der Waals surface area contributed by atoms with Crippen molar-refractivity contribution in [3.8, 4) is 11.4 Å². The Hall–Kier alpha value is -2.61. The van der Waals surface area contributed by atoms with Gasteiger partial charge in [-0.3, -0.25) is 0 Å². The van der Waals surface area contributed by atoms with Gasteiger partial charge in [-0.05, 0) is 38.7 Å². The summed E-state index contributed by atoms with van der Waals surface area (Å²) in [6, 6.07) is 2.73. The zero-order valence-corrected chi connectivity index (χ0v) is 18.3. The molecule has 6 rings (SSSR count). The quantitative estimate of drug-likeness (QED) is 0.810. The highest BCUT2D eigenvalue weighted by molar-refractivity contribution is 5.86. The average Bonchev–Trinajstić information content (AvgIpc) is 3.28. The summed E-state index contributed by atoms with van der Waals surface area (Å²) in [5.74, 6) is 2.27. The van der Waals surface area contributed by atoms with Crippen molar-refractivity contribution in [2.45, 2.75) is 38.3 Å². The molecule has 4 aliphatic rings. The molecule has 0 radical (unpaired) electrons. The maximum atomic E-state index is 6.19. The van der Waals surface area contributed by atoms with Gasteiger partial charge in [0.25, 0.3) is 0 Å². The number of nitrogen functional groups attached to an aromatic ring is 1. The fraction of sp³-hybridized carbons (Fsp3) is 0.591. The van der Waals surface area contributed by atoms with Crippen molar-refractivity contribution in [2.75, 3.05) is 60.8 Å². The Morgan fingerprint density at radius 3 is 2.57 bits per heavy atom. The third-order valence-electron chi connectivity index (χ3n) is 6.60. The van der Waals surface area contributed by atoms with Gasteiger partial charge in [0, 0.05) is 39.8 Å². The second-order valence-corrected chi connectivity index (χ2v) is 9.55. The molecule has 0 aromatic carbocycles. The summed E-state index contributed by atoms with van der Waals surface area (Å²) in [6.07, 6.45) is 5.85. The molecule has 3 aliphatic heterocycles. The van der Waals surface area contributed by atoms with E-state index < -0.39 is 0 Å². The number of pyridine rings is 1. The van der Waals surface area contributed by atoms with Gasteiger partial charge in [0.05, 0.1) is 36.0 Å². The summed E-state index contributed by atoms with van der Waals surface area (Å²) in [5.41, 5.74) is 9.43. The van der Waals surface area contributed by atoms with Crippen molar-refractivity contribution in [1.82, 2.24) is 15.0 Å². The number of nitrogens with zero attached hydrogens (tertiary/aromatic N) is 6. The molecular weight excluding hydrogens is 378 g/mol. The molecule has 2 saturated heterocycles. The van der Waals surface area contributed by atoms with Gasteiger partial charge >= 0.3 is 0 Å². The van der Waals surface area contributed by atoms with Gasteiger partial charge in [-0.25, -0.2) is 15.0 Å². The summed E-state index contributed by atoms with van der Waals surface area (Å²) in [4.78, 5) is 21.0. The summed E-state index contributed by atoms with van der Waals surface area (Å²) < 4.78 is 6.19. The summed E-state index contributed by atoms with van der Waals surface area (Å²) in [5, 5.41) is 0. The van der Waals surface area contributed by atoms with Crippen molar-refractivity contribution in [2.24, 2.45) is 5.92 Å². The predicted molar refractivity (Wildman–Crippen MR) is 120 cm³/mol. The Morgan fingerprint density at radius 2 is 1.90 bits per heavy atom. The number of likely N-dealkylation sites (N-methyl/N-ethyl adjacent to an activating group) is 2. The van der Waals surface area contributed by atoms with Crippen molar-refractivity contribution in [3.05, 3.63) is 18.5 Å². The van der Waals surface area contributed by atoms with Crippen molar-refractivity contribution in [3.63, 3.8) is 0 Å². The Balaban J connectivity index is 1.68. The highest BCUT2D eigenvalue weighted by Gasteiger charge is 2.45. The van der Waals surface area contributed by atoms with Crippen LogP contribution in [0.2, 0.25) is 0 Å². The standard InChI is InChI=1S/C22H31N7O/c1-22(2)13-28(4)20-18(27(3)5-6-30-22)9-16(17-10-25-19(23)11-24-17)26-21(20)29-12-14-7-15(29)8-14/h9-11,14-15H,5-8,12-13H2,1-4H3,(H2,23,25). The Bertz CT molecular complexity index is 939. The number of hydrogen-bond acceptors (Lipinski definition) is 8. The van der Waals surface area contributed by atoms with E-state index in [0.29, 0.717) is 18.5 Å². The maximum absolute atomic E-state index is 6.19. The largest absolute Gasteiger partial charge is 0.382 e. The number of aromatic nitrogens is 3. The normalized spacial score (nSPS) is 25.3. The minimum Gasteiger partial charge on any atom is -0.382 e. The van der Waals surface area contributed by atoms with Crippen LogP contribution in [-0.2, 0) is 4.74 Å². The number of fused-ring (bicyclic) bond motifs is 2. The zero-order chi connectivity index (χ0) is 21.0. The summed E-state index contributed by atoms with van der Waals surface area (Å²) >= 11 is 0. The van der Waals surface area contributed by atoms with E-state index in [1.807, 2.05) is 0 Å². The zero-order valence-electron chi connectivity index (χ0n) is 18.3. The maximum Gasteiger partial charge on any atom is 0.155 e. The molecule has 0 atom stereocenters. The van der Waals surface area contributed by atoms with Gasteiger partial charge in [0.15, 0.2) is 5.82 Å². The lowest BCUT2D eigenvalue weighted by Gasteiger charge is -2.35. The molecule has 8 heteroatoms. The van der Waals surface area contributed by atoms with E-state index >= 15 is 0 Å². The van der Waals surface area contributed by atoms with E-state index in [4.69, 9.17) is 15.5 Å². The minimum absolute atomic E-state index is 0.233. The highest BCUT2D eigenvalue weighted by atomic mass is 16.5. The van der Waals surface area contributed by atoms with Crippen LogP contribution in [0.3, 0.4) is 0 Å². The first kappa shape index (κ1) is 19.4. The van der Waals surface area contributed by atoms with Crippen LogP contribution < -0.4 is 20.4 Å². The number of ether oxygens (including phenoxy) is 1. The van der Waals surface area contributed by atoms with Gasteiger partial charge in [-0.15, -0.1) is 0 Å². The molecule has 5 heterocycles. The van der Waals surface area contributed by atoms with E-state index in [-0.39, 0.29) is 5.60 Å². The molecule has 2 bridgehead atoms. The van der Waals surface area contributed by atoms with Gasteiger partial charge in [-0.2, -0.15) is 0 Å². The molecule has 0 spiro atoms. The van der Waals surface area contributed by atoms with Crippen LogP contribution in [0, 0.1) is 5.92 Å². The Labute approximate surface area is 178 Å². The molecule has 8 nitrogen and oxygen atoms in total. The molecule has 160 valence electrons. The number of anilines is 4. The summed E-state index contributed by atoms with van der Waals surface area (Å²) in [6.45, 7) is 7.69. The smallest absolute Gasteiger partial charge is 0.155 e. The third kappa shape index (κ3) is 3.33. The van der Waals surface area contributed by atoms with Gasteiger partial charge in [0.1, 0.15) is 17.2 Å². The first-order valence-electron chi connectivity index (χ1n) is 10.8. The molecule has 30 heavy (non-hydrogen) atoms. The Morgan fingerprint density at radius 1 is 1.10 bits per heavy atom. The van der Waals surface area contributed by atoms with Crippen LogP contribution in [-0.4, -0.2) is 66.9 Å². The molecular formula is C22H31N7O. The lowest BCUT2D eigenvalue weighted by molar-refractivity contribution is -0.00589. The van der Waals surface area contributed by atoms with Crippen molar-refractivity contribution in [1.29, 1.82) is 0 Å². The van der Waals surface area contributed by atoms with E-state index in [1.54, 1.807) is 12.4 Å². The van der Waals surface area contributed by atoms with Crippen LogP contribution in [0.25, 0.3) is 11.4 Å². The van der Waals surface area contributed by atoms with Crippen molar-refractivity contribution >= 4 is 23.0 Å². The number of nitrogens with two attached hydrogens (primary N) is 1. The molecule has 2 N–H and O–H groups in total. The Kier molecular flexibility index (Phi) is 4.50. The first-order chi connectivity index (χ1) is 14.3. The van der Waals surface area contributed by atoms with Crippen LogP contribution in [0.5, 0.6) is 0 Å². The molecule has 2 aromatic rings. The van der Waals surface area contributed by atoms with Gasteiger partial charge < -0.3 is 25.2 Å². The van der Waals surface area contributed by atoms with E-state index in [2.05, 4.69) is 58.7 Å². The first-order valence-corrected chi connectivity index (χ1v) is 10.8. The molecule has 1 saturated carbocycles. The summed E-state index contributed by atoms with van der Waals surface area (Å²) in [7, 11) is 4.28. The van der Waals surface area contributed by atoms with E-state index in [1.165, 1.54) is 18.5 Å². The monoisotopic (exact) mass is 409 g/mol. The van der Waals surface area contributed by atoms with E-state index in [0.717, 1.165) is 48.4 Å². The van der Waals surface area contributed by atoms with Crippen molar-refractivity contribution < 1.29 is 4.74 Å². The lowest BCUT2D eigenvalue weighted by atomic mass is 9.86. The van der Waals surface area contributed by atoms with Crippen LogP contribution in [0.1, 0.15) is 26.7 Å². The third-order valence-corrected chi connectivity index (χ3v) is 6.60. The lowest BCUT2D eigenvalue weighted by Crippen LogP contribution is -2.40. The molecule has 1 aliphatic carbocycles. The number of hydrogen-bond donors (Lipinski definition) is 1. The second-order valence-electron chi connectivity index (χ2n) is 9.55. The highest BCUT2D eigenvalue weighted by Crippen LogP contribution is 2.48. The molecule has 0 unspecified atom stereocenters.